The first kappa shape index (κ1) is 25.9. The second kappa shape index (κ2) is 10.5. The van der Waals surface area contributed by atoms with Gasteiger partial charge in [0, 0.05) is 12.1 Å². The van der Waals surface area contributed by atoms with Crippen LogP contribution in [0.2, 0.25) is 0 Å². The molecule has 7 nitrogen and oxygen atoms in total. The van der Waals surface area contributed by atoms with E-state index in [4.69, 9.17) is 13.9 Å². The summed E-state index contributed by atoms with van der Waals surface area (Å²) in [4.78, 5) is 13.7. The largest absolute Gasteiger partial charge is 0.508 e. The van der Waals surface area contributed by atoms with Gasteiger partial charge in [0.25, 0.3) is 0 Å². The number of hydrogen-bond acceptors (Lipinski definition) is 7. The van der Waals surface area contributed by atoms with Crippen molar-refractivity contribution in [2.45, 2.75) is 53.6 Å². The molecular formula is C30H32O7. The Hall–Kier alpha value is -4.13. The van der Waals surface area contributed by atoms with Gasteiger partial charge in [0.1, 0.15) is 41.1 Å². The topological polar surface area (TPSA) is 109 Å². The lowest BCUT2D eigenvalue weighted by atomic mass is 9.95. The maximum atomic E-state index is 13.7. The lowest BCUT2D eigenvalue weighted by molar-refractivity contribution is 0.243. The molecule has 1 unspecified atom stereocenters. The number of fused-ring (bicyclic) bond motifs is 4. The molecule has 3 aromatic rings. The minimum atomic E-state index is -0.793. The normalized spacial score (nSPS) is 14.4. The average molecular weight is 505 g/mol. The maximum absolute atomic E-state index is 13.7. The molecule has 0 spiro atoms. The Bertz CT molecular complexity index is 1500. The Kier molecular flexibility index (Phi) is 7.34. The zero-order chi connectivity index (χ0) is 26.9. The highest BCUT2D eigenvalue weighted by molar-refractivity contribution is 5.93. The maximum Gasteiger partial charge on any atom is 0.205 e. The Morgan fingerprint density at radius 3 is 2.46 bits per heavy atom. The molecule has 1 atom stereocenters. The molecule has 0 amide bonds. The summed E-state index contributed by atoms with van der Waals surface area (Å²) < 4.78 is 18.1. The van der Waals surface area contributed by atoms with Gasteiger partial charge in [-0.2, -0.15) is 0 Å². The van der Waals surface area contributed by atoms with Gasteiger partial charge in [-0.05, 0) is 71.7 Å². The Morgan fingerprint density at radius 2 is 1.76 bits per heavy atom. The van der Waals surface area contributed by atoms with Crippen molar-refractivity contribution in [2.75, 3.05) is 6.61 Å². The first-order chi connectivity index (χ1) is 17.6. The van der Waals surface area contributed by atoms with Crippen LogP contribution in [0.4, 0.5) is 0 Å². The van der Waals surface area contributed by atoms with Crippen molar-refractivity contribution in [1.82, 2.24) is 0 Å². The molecule has 37 heavy (non-hydrogen) atoms. The highest BCUT2D eigenvalue weighted by Crippen LogP contribution is 2.47. The van der Waals surface area contributed by atoms with Gasteiger partial charge >= 0.3 is 0 Å². The van der Waals surface area contributed by atoms with Crippen molar-refractivity contribution in [3.05, 3.63) is 75.0 Å². The van der Waals surface area contributed by atoms with E-state index < -0.39 is 17.3 Å². The van der Waals surface area contributed by atoms with Crippen LogP contribution in [-0.2, 0) is 0 Å². The number of phenolic OH excluding ortho intramolecular Hbond substituents is 3. The quantitative estimate of drug-likeness (QED) is 0.296. The molecule has 0 aliphatic carbocycles. The summed E-state index contributed by atoms with van der Waals surface area (Å²) in [6, 6.07) is 5.60. The molecule has 4 rings (SSSR count). The van der Waals surface area contributed by atoms with E-state index in [-0.39, 0.29) is 46.1 Å². The van der Waals surface area contributed by atoms with Crippen LogP contribution in [-0.4, -0.2) is 21.9 Å². The van der Waals surface area contributed by atoms with Crippen LogP contribution in [0.15, 0.2) is 68.4 Å². The predicted octanol–water partition coefficient (Wildman–Crippen LogP) is 7.05. The molecule has 0 saturated carbocycles. The Balaban J connectivity index is 1.84. The minimum Gasteiger partial charge on any atom is -0.508 e. The molecule has 194 valence electrons. The second-order valence-corrected chi connectivity index (χ2v) is 9.77. The molecular weight excluding hydrogens is 472 g/mol. The van der Waals surface area contributed by atoms with Gasteiger partial charge in [-0.1, -0.05) is 22.8 Å². The molecule has 2 aromatic carbocycles. The Labute approximate surface area is 215 Å². The van der Waals surface area contributed by atoms with Crippen LogP contribution < -0.4 is 14.9 Å². The van der Waals surface area contributed by atoms with Gasteiger partial charge in [0.2, 0.25) is 11.2 Å². The number of allylic oxidation sites excluding steroid dienone is 4. The standard InChI is InChI=1S/C30H32O7/c1-16(2)7-6-8-18(5)11-12-35-29-22(33)15-21(32)25-27(34)26-24(13-17(3)4)36-23-14-19(31)9-10-20(23)28(26)37-30(25)29/h7,9-11,13-15,24,31-33H,6,8,12H2,1-5H3. The number of aromatic hydroxyl groups is 3. The van der Waals surface area contributed by atoms with Gasteiger partial charge in [0.05, 0.1) is 11.1 Å². The smallest absolute Gasteiger partial charge is 0.205 e. The number of phenols is 3. The highest BCUT2D eigenvalue weighted by Gasteiger charge is 2.33. The summed E-state index contributed by atoms with van der Waals surface area (Å²) >= 11 is 0. The van der Waals surface area contributed by atoms with Gasteiger partial charge in [0.15, 0.2) is 11.3 Å². The third-order valence-electron chi connectivity index (χ3n) is 6.10. The number of ether oxygens (including phenoxy) is 2. The van der Waals surface area contributed by atoms with Crippen LogP contribution in [0, 0.1) is 0 Å². The fourth-order valence-corrected chi connectivity index (χ4v) is 4.29. The van der Waals surface area contributed by atoms with Gasteiger partial charge < -0.3 is 29.2 Å². The predicted molar refractivity (Wildman–Crippen MR) is 144 cm³/mol. The van der Waals surface area contributed by atoms with Crippen molar-refractivity contribution in [2.24, 2.45) is 0 Å². The summed E-state index contributed by atoms with van der Waals surface area (Å²) in [5, 5.41) is 31.1. The van der Waals surface area contributed by atoms with Crippen molar-refractivity contribution < 1.29 is 29.2 Å². The summed E-state index contributed by atoms with van der Waals surface area (Å²) in [7, 11) is 0. The molecule has 0 saturated heterocycles. The number of rotatable bonds is 7. The highest BCUT2D eigenvalue weighted by atomic mass is 16.5. The molecule has 1 aromatic heterocycles. The third-order valence-corrected chi connectivity index (χ3v) is 6.10. The molecule has 0 bridgehead atoms. The van der Waals surface area contributed by atoms with Crippen molar-refractivity contribution >= 4 is 11.0 Å². The van der Waals surface area contributed by atoms with Crippen LogP contribution in [0.1, 0.15) is 59.1 Å². The monoisotopic (exact) mass is 504 g/mol. The summed E-state index contributed by atoms with van der Waals surface area (Å²) in [6.45, 7) is 10.0. The van der Waals surface area contributed by atoms with E-state index in [2.05, 4.69) is 19.9 Å². The van der Waals surface area contributed by atoms with Crippen LogP contribution in [0.3, 0.4) is 0 Å². The van der Waals surface area contributed by atoms with E-state index in [0.717, 1.165) is 30.1 Å². The lowest BCUT2D eigenvalue weighted by Gasteiger charge is -2.26. The minimum absolute atomic E-state index is 0.00680. The molecule has 7 heteroatoms. The zero-order valence-electron chi connectivity index (χ0n) is 21.7. The van der Waals surface area contributed by atoms with Crippen molar-refractivity contribution in [3.8, 4) is 40.1 Å². The Morgan fingerprint density at radius 1 is 1.00 bits per heavy atom. The molecule has 1 aliphatic heterocycles. The van der Waals surface area contributed by atoms with Gasteiger partial charge in [-0.25, -0.2) is 0 Å². The first-order valence-corrected chi connectivity index (χ1v) is 12.2. The van der Waals surface area contributed by atoms with E-state index >= 15 is 0 Å². The molecule has 0 radical (unpaired) electrons. The second-order valence-electron chi connectivity index (χ2n) is 9.77. The van der Waals surface area contributed by atoms with E-state index in [1.807, 2.05) is 26.8 Å². The average Bonchev–Trinajstić information content (AvgIpc) is 2.79. The van der Waals surface area contributed by atoms with Crippen molar-refractivity contribution in [3.63, 3.8) is 0 Å². The van der Waals surface area contributed by atoms with E-state index in [1.165, 1.54) is 17.7 Å². The van der Waals surface area contributed by atoms with E-state index in [1.54, 1.807) is 12.1 Å². The first-order valence-electron chi connectivity index (χ1n) is 12.2. The fraction of sp³-hybridized carbons (Fsp3) is 0.300. The third kappa shape index (κ3) is 5.35. The number of benzene rings is 2. The van der Waals surface area contributed by atoms with Gasteiger partial charge in [-0.3, -0.25) is 4.79 Å². The molecule has 2 heterocycles. The van der Waals surface area contributed by atoms with Crippen molar-refractivity contribution in [1.29, 1.82) is 0 Å². The molecule has 1 aliphatic rings. The lowest BCUT2D eigenvalue weighted by Crippen LogP contribution is -2.22. The van der Waals surface area contributed by atoms with Crippen LogP contribution in [0.5, 0.6) is 28.7 Å². The SMILES string of the molecule is CC(C)=CCCC(C)=CCOc1c(O)cc(O)c2c(=O)c3c(oc12)-c1ccc(O)cc1OC3C=C(C)C. The fourth-order valence-electron chi connectivity index (χ4n) is 4.29. The molecule has 3 N–H and O–H groups in total. The zero-order valence-corrected chi connectivity index (χ0v) is 21.7. The van der Waals surface area contributed by atoms with Gasteiger partial charge in [-0.15, -0.1) is 0 Å². The van der Waals surface area contributed by atoms with E-state index in [0.29, 0.717) is 11.3 Å². The van der Waals surface area contributed by atoms with E-state index in [9.17, 15) is 20.1 Å². The summed E-state index contributed by atoms with van der Waals surface area (Å²) in [6.07, 6.45) is 6.84. The summed E-state index contributed by atoms with van der Waals surface area (Å²) in [5.74, 6) is -0.220. The van der Waals surface area contributed by atoms with Crippen LogP contribution >= 0.6 is 0 Å². The van der Waals surface area contributed by atoms with Crippen LogP contribution in [0.25, 0.3) is 22.3 Å². The number of hydrogen-bond donors (Lipinski definition) is 3. The summed E-state index contributed by atoms with van der Waals surface area (Å²) in [5.41, 5.74) is 3.42. The molecule has 0 fully saturated rings.